The van der Waals surface area contributed by atoms with E-state index >= 15 is 0 Å². The number of primary amides is 1. The topological polar surface area (TPSA) is 115 Å². The van der Waals surface area contributed by atoms with Gasteiger partial charge in [0.1, 0.15) is 17.0 Å². The Hall–Kier alpha value is -3.95. The number of hydrogen-bond donors (Lipinski definition) is 1. The molecule has 0 saturated carbocycles. The number of piperidine rings is 1. The number of fused-ring (bicyclic) bond motifs is 1. The van der Waals surface area contributed by atoms with Gasteiger partial charge in [0.25, 0.3) is 11.8 Å². The normalized spacial score (nSPS) is 20.2. The minimum Gasteiger partial charge on any atom is -0.493 e. The van der Waals surface area contributed by atoms with Crippen molar-refractivity contribution in [1.82, 2.24) is 9.91 Å². The zero-order chi connectivity index (χ0) is 25.0. The SMILES string of the molecule is CN1N=C2CCN(C(=O)[C@@H](CCOc3ccc(F)cc3)OC(N)=O)C[C@@]2(Cc2ccccc2)C1=O. The van der Waals surface area contributed by atoms with Gasteiger partial charge in [-0.05, 0) is 36.2 Å². The molecule has 184 valence electrons. The highest BCUT2D eigenvalue weighted by Crippen LogP contribution is 2.38. The number of nitrogens with zero attached hydrogens (tertiary/aromatic N) is 3. The smallest absolute Gasteiger partial charge is 0.405 e. The highest BCUT2D eigenvalue weighted by molar-refractivity contribution is 6.13. The van der Waals surface area contributed by atoms with Gasteiger partial charge in [0.15, 0.2) is 6.10 Å². The van der Waals surface area contributed by atoms with E-state index in [1.165, 1.54) is 34.2 Å². The molecule has 0 aliphatic carbocycles. The van der Waals surface area contributed by atoms with Crippen LogP contribution < -0.4 is 10.5 Å². The summed E-state index contributed by atoms with van der Waals surface area (Å²) in [5.74, 6) is -0.620. The molecule has 3 amide bonds. The van der Waals surface area contributed by atoms with Crippen LogP contribution in [0, 0.1) is 11.2 Å². The van der Waals surface area contributed by atoms with Crippen molar-refractivity contribution in [3.05, 3.63) is 66.0 Å². The first kappa shape index (κ1) is 24.2. The van der Waals surface area contributed by atoms with Gasteiger partial charge >= 0.3 is 6.09 Å². The first-order chi connectivity index (χ1) is 16.8. The largest absolute Gasteiger partial charge is 0.493 e. The third-order valence-corrected chi connectivity index (χ3v) is 6.26. The number of hydrazone groups is 1. The summed E-state index contributed by atoms with van der Waals surface area (Å²) in [7, 11) is 1.61. The van der Waals surface area contributed by atoms with Crippen LogP contribution in [0.4, 0.5) is 9.18 Å². The Morgan fingerprint density at radius 1 is 1.17 bits per heavy atom. The quantitative estimate of drug-likeness (QED) is 0.620. The molecule has 2 aliphatic rings. The molecule has 0 bridgehead atoms. The zero-order valence-corrected chi connectivity index (χ0v) is 19.4. The number of likely N-dealkylation sites (tertiary alicyclic amines) is 1. The first-order valence-corrected chi connectivity index (χ1v) is 11.3. The summed E-state index contributed by atoms with van der Waals surface area (Å²) in [5.41, 5.74) is 5.93. The van der Waals surface area contributed by atoms with Crippen LogP contribution in [0.5, 0.6) is 5.75 Å². The van der Waals surface area contributed by atoms with E-state index < -0.39 is 29.3 Å². The molecule has 0 unspecified atom stereocenters. The lowest BCUT2D eigenvalue weighted by Crippen LogP contribution is -2.57. The average molecular weight is 483 g/mol. The standard InChI is InChI=1S/C25H27FN4O5/c1-29-23(32)25(15-17-5-3-2-4-6-17)16-30(13-11-21(25)28-29)22(31)20(35-24(27)33)12-14-34-19-9-7-18(26)8-10-19/h2-10,20H,11-16H2,1H3,(H2,27,33)/t20-,25-/m1/s1. The Morgan fingerprint density at radius 3 is 2.57 bits per heavy atom. The third kappa shape index (κ3) is 5.26. The number of benzene rings is 2. The fourth-order valence-electron chi connectivity index (χ4n) is 4.61. The number of carbonyl (C=O) groups is 3. The molecule has 2 aliphatic heterocycles. The van der Waals surface area contributed by atoms with Crippen LogP contribution in [-0.2, 0) is 20.7 Å². The van der Waals surface area contributed by atoms with Crippen molar-refractivity contribution in [1.29, 1.82) is 0 Å². The molecule has 1 saturated heterocycles. The van der Waals surface area contributed by atoms with Crippen molar-refractivity contribution in [3.63, 3.8) is 0 Å². The lowest BCUT2D eigenvalue weighted by molar-refractivity contribution is -0.145. The minimum atomic E-state index is -1.19. The first-order valence-electron chi connectivity index (χ1n) is 11.3. The fraction of sp³-hybridized carbons (Fsp3) is 0.360. The molecule has 1 fully saturated rings. The number of ether oxygens (including phenoxy) is 2. The summed E-state index contributed by atoms with van der Waals surface area (Å²) < 4.78 is 23.8. The molecule has 2 atom stereocenters. The van der Waals surface area contributed by atoms with E-state index in [2.05, 4.69) is 5.10 Å². The molecule has 4 rings (SSSR count). The number of hydrogen-bond acceptors (Lipinski definition) is 6. The average Bonchev–Trinajstić information content (AvgIpc) is 3.08. The van der Waals surface area contributed by atoms with Crippen molar-refractivity contribution >= 4 is 23.6 Å². The van der Waals surface area contributed by atoms with Crippen LogP contribution in [0.1, 0.15) is 18.4 Å². The molecular formula is C25H27FN4O5. The van der Waals surface area contributed by atoms with E-state index in [1.54, 1.807) is 7.05 Å². The van der Waals surface area contributed by atoms with Gasteiger partial charge < -0.3 is 20.1 Å². The lowest BCUT2D eigenvalue weighted by Gasteiger charge is -2.40. The molecular weight excluding hydrogens is 455 g/mol. The maximum Gasteiger partial charge on any atom is 0.405 e. The number of rotatable bonds is 8. The summed E-state index contributed by atoms with van der Waals surface area (Å²) >= 11 is 0. The Morgan fingerprint density at radius 2 is 1.89 bits per heavy atom. The predicted octanol–water partition coefficient (Wildman–Crippen LogP) is 2.35. The molecule has 10 heteroatoms. The molecule has 2 heterocycles. The molecule has 0 radical (unpaired) electrons. The van der Waals surface area contributed by atoms with Gasteiger partial charge in [0.05, 0.1) is 12.3 Å². The second kappa shape index (κ2) is 10.1. The van der Waals surface area contributed by atoms with E-state index in [1.807, 2.05) is 30.3 Å². The molecule has 0 aromatic heterocycles. The predicted molar refractivity (Wildman–Crippen MR) is 125 cm³/mol. The van der Waals surface area contributed by atoms with Crippen LogP contribution in [0.2, 0.25) is 0 Å². The van der Waals surface area contributed by atoms with Crippen molar-refractivity contribution in [2.24, 2.45) is 16.3 Å². The molecule has 2 N–H and O–H groups in total. The van der Waals surface area contributed by atoms with E-state index in [0.717, 1.165) is 11.3 Å². The van der Waals surface area contributed by atoms with Crippen molar-refractivity contribution in [2.45, 2.75) is 25.4 Å². The van der Waals surface area contributed by atoms with E-state index in [4.69, 9.17) is 15.2 Å². The number of amides is 3. The van der Waals surface area contributed by atoms with E-state index in [-0.39, 0.29) is 25.5 Å². The van der Waals surface area contributed by atoms with Gasteiger partial charge in [0, 0.05) is 33.0 Å². The summed E-state index contributed by atoms with van der Waals surface area (Å²) in [6, 6.07) is 15.0. The monoisotopic (exact) mass is 482 g/mol. The molecule has 35 heavy (non-hydrogen) atoms. The molecule has 9 nitrogen and oxygen atoms in total. The third-order valence-electron chi connectivity index (χ3n) is 6.26. The van der Waals surface area contributed by atoms with Gasteiger partial charge in [0.2, 0.25) is 0 Å². The summed E-state index contributed by atoms with van der Waals surface area (Å²) in [6.45, 7) is 0.472. The number of nitrogens with two attached hydrogens (primary N) is 1. The van der Waals surface area contributed by atoms with Crippen LogP contribution in [-0.4, -0.2) is 66.4 Å². The highest BCUT2D eigenvalue weighted by Gasteiger charge is 2.54. The van der Waals surface area contributed by atoms with Crippen LogP contribution in [0.3, 0.4) is 0 Å². The summed E-state index contributed by atoms with van der Waals surface area (Å²) in [4.78, 5) is 39.7. The van der Waals surface area contributed by atoms with E-state index in [9.17, 15) is 18.8 Å². The minimum absolute atomic E-state index is 0.0344. The van der Waals surface area contributed by atoms with Crippen LogP contribution >= 0.6 is 0 Å². The van der Waals surface area contributed by atoms with Gasteiger partial charge in [-0.2, -0.15) is 5.10 Å². The molecule has 0 spiro atoms. The maximum absolute atomic E-state index is 13.4. The second-order valence-electron chi connectivity index (χ2n) is 8.65. The second-order valence-corrected chi connectivity index (χ2v) is 8.65. The zero-order valence-electron chi connectivity index (χ0n) is 19.4. The number of carbonyl (C=O) groups excluding carboxylic acids is 3. The molecule has 2 aromatic rings. The van der Waals surface area contributed by atoms with Crippen LogP contribution in [0.25, 0.3) is 0 Å². The highest BCUT2D eigenvalue weighted by atomic mass is 19.1. The van der Waals surface area contributed by atoms with Crippen molar-refractivity contribution in [3.8, 4) is 5.75 Å². The van der Waals surface area contributed by atoms with E-state index in [0.29, 0.717) is 25.1 Å². The Balaban J connectivity index is 1.49. The van der Waals surface area contributed by atoms with Crippen LogP contribution in [0.15, 0.2) is 59.7 Å². The van der Waals surface area contributed by atoms with Gasteiger partial charge in [-0.15, -0.1) is 0 Å². The Bertz CT molecular complexity index is 1120. The number of halogens is 1. The van der Waals surface area contributed by atoms with Crippen molar-refractivity contribution < 1.29 is 28.2 Å². The van der Waals surface area contributed by atoms with Gasteiger partial charge in [-0.25, -0.2) is 14.2 Å². The summed E-state index contributed by atoms with van der Waals surface area (Å²) in [6.07, 6.45) is -1.41. The summed E-state index contributed by atoms with van der Waals surface area (Å²) in [5, 5.41) is 5.78. The van der Waals surface area contributed by atoms with Gasteiger partial charge in [-0.3, -0.25) is 9.59 Å². The van der Waals surface area contributed by atoms with Gasteiger partial charge in [-0.1, -0.05) is 30.3 Å². The fourth-order valence-corrected chi connectivity index (χ4v) is 4.61. The maximum atomic E-state index is 13.4. The Labute approximate surface area is 202 Å². The molecule has 2 aromatic carbocycles. The van der Waals surface area contributed by atoms with Crippen molar-refractivity contribution in [2.75, 3.05) is 26.7 Å². The Kier molecular flexibility index (Phi) is 6.99. The lowest BCUT2D eigenvalue weighted by atomic mass is 9.73.